The van der Waals surface area contributed by atoms with E-state index in [2.05, 4.69) is 11.8 Å². The summed E-state index contributed by atoms with van der Waals surface area (Å²) in [6.45, 7) is 1.85. The Bertz CT molecular complexity index is 747. The molecule has 0 unspecified atom stereocenters. The van der Waals surface area contributed by atoms with Crippen molar-refractivity contribution >= 4 is 17.7 Å². The largest absolute Gasteiger partial charge is 0.426 e. The first kappa shape index (κ1) is 16.2. The summed E-state index contributed by atoms with van der Waals surface area (Å²) in [5.74, 6) is 5.84. The molecule has 0 nitrogen and oxygen atoms in total. The molecule has 0 aliphatic carbocycles. The Morgan fingerprint density at radius 2 is 1.73 bits per heavy atom. The zero-order valence-electron chi connectivity index (χ0n) is 11.7. The van der Waals surface area contributed by atoms with Crippen LogP contribution in [-0.4, -0.2) is 6.18 Å². The van der Waals surface area contributed by atoms with E-state index >= 15 is 0 Å². The average Bonchev–Trinajstić information content (AvgIpc) is 2.47. The molecule has 2 aromatic carbocycles. The fourth-order valence-corrected chi connectivity index (χ4v) is 1.90. The van der Waals surface area contributed by atoms with E-state index in [9.17, 15) is 13.2 Å². The third-order valence-electron chi connectivity index (χ3n) is 2.88. The molecule has 0 atom stereocenters. The van der Waals surface area contributed by atoms with E-state index in [-0.39, 0.29) is 0 Å². The number of allylic oxidation sites excluding steroid dienone is 1. The van der Waals surface area contributed by atoms with Crippen LogP contribution in [-0.2, 0) is 0 Å². The minimum atomic E-state index is -4.56. The normalized spacial score (nSPS) is 11.8. The third kappa shape index (κ3) is 4.41. The highest BCUT2D eigenvalue weighted by Crippen LogP contribution is 2.31. The van der Waals surface area contributed by atoms with Gasteiger partial charge in [0.25, 0.3) is 0 Å². The molecule has 0 amide bonds. The lowest BCUT2D eigenvalue weighted by Crippen LogP contribution is -2.06. The highest BCUT2D eigenvalue weighted by Gasteiger charge is 2.32. The fourth-order valence-electron chi connectivity index (χ4n) is 1.78. The van der Waals surface area contributed by atoms with Gasteiger partial charge in [0.1, 0.15) is 5.03 Å². The maximum Gasteiger partial charge on any atom is 0.426 e. The number of rotatable bonds is 1. The zero-order valence-corrected chi connectivity index (χ0v) is 12.5. The molecule has 2 aromatic rings. The molecular formula is C18H12ClF3. The summed E-state index contributed by atoms with van der Waals surface area (Å²) in [5, 5.41) is -1.17. The zero-order chi connectivity index (χ0) is 16.2. The second-order valence-electron chi connectivity index (χ2n) is 4.70. The van der Waals surface area contributed by atoms with Crippen LogP contribution in [0.5, 0.6) is 0 Å². The summed E-state index contributed by atoms with van der Waals surface area (Å²) < 4.78 is 37.7. The molecule has 22 heavy (non-hydrogen) atoms. The van der Waals surface area contributed by atoms with Gasteiger partial charge in [-0.25, -0.2) is 0 Å². The Morgan fingerprint density at radius 3 is 2.36 bits per heavy atom. The van der Waals surface area contributed by atoms with Gasteiger partial charge in [-0.15, -0.1) is 0 Å². The summed E-state index contributed by atoms with van der Waals surface area (Å²) in [5.41, 5.74) is 2.56. The standard InChI is InChI=1S/C18H12ClF3/c1-13-7-9-16(12-17(19)18(20,21)22)15(11-13)10-8-14-5-3-2-4-6-14/h2-7,9,11-12H,1H3/b17-12-. The highest BCUT2D eigenvalue weighted by atomic mass is 35.5. The Hall–Kier alpha value is -2.18. The Balaban J connectivity index is 2.44. The van der Waals surface area contributed by atoms with Crippen LogP contribution >= 0.6 is 11.6 Å². The summed E-state index contributed by atoms with van der Waals surface area (Å²) in [7, 11) is 0. The second-order valence-corrected chi connectivity index (χ2v) is 5.10. The maximum absolute atomic E-state index is 12.6. The molecule has 2 rings (SSSR count). The monoisotopic (exact) mass is 320 g/mol. The van der Waals surface area contributed by atoms with Gasteiger partial charge in [-0.1, -0.05) is 53.8 Å². The summed E-state index contributed by atoms with van der Waals surface area (Å²) >= 11 is 5.31. The van der Waals surface area contributed by atoms with Gasteiger partial charge >= 0.3 is 6.18 Å². The van der Waals surface area contributed by atoms with E-state index in [0.717, 1.165) is 17.2 Å². The van der Waals surface area contributed by atoms with Crippen LogP contribution in [0, 0.1) is 18.8 Å². The first-order valence-corrected chi connectivity index (χ1v) is 6.86. The van der Waals surface area contributed by atoms with Crippen molar-refractivity contribution in [1.29, 1.82) is 0 Å². The van der Waals surface area contributed by atoms with Gasteiger partial charge in [-0.3, -0.25) is 0 Å². The van der Waals surface area contributed by atoms with Crippen LogP contribution in [0.3, 0.4) is 0 Å². The molecule has 0 radical (unpaired) electrons. The van der Waals surface area contributed by atoms with Crippen LogP contribution in [0.1, 0.15) is 22.3 Å². The van der Waals surface area contributed by atoms with E-state index in [0.29, 0.717) is 11.1 Å². The van der Waals surface area contributed by atoms with Crippen molar-refractivity contribution in [1.82, 2.24) is 0 Å². The van der Waals surface area contributed by atoms with Crippen molar-refractivity contribution in [3.63, 3.8) is 0 Å². The number of aryl methyl sites for hydroxylation is 1. The van der Waals surface area contributed by atoms with Crippen LogP contribution < -0.4 is 0 Å². The van der Waals surface area contributed by atoms with Crippen LogP contribution in [0.4, 0.5) is 13.2 Å². The van der Waals surface area contributed by atoms with Crippen molar-refractivity contribution in [3.05, 3.63) is 75.8 Å². The number of hydrogen-bond donors (Lipinski definition) is 0. The van der Waals surface area contributed by atoms with E-state index in [1.807, 2.05) is 37.3 Å². The Labute approximate surface area is 132 Å². The van der Waals surface area contributed by atoms with Crippen molar-refractivity contribution in [2.75, 3.05) is 0 Å². The maximum atomic E-state index is 12.6. The second kappa shape index (κ2) is 6.72. The number of benzene rings is 2. The van der Waals surface area contributed by atoms with Crippen molar-refractivity contribution in [2.24, 2.45) is 0 Å². The molecule has 0 N–H and O–H groups in total. The smallest absolute Gasteiger partial charge is 0.165 e. The minimum absolute atomic E-state index is 0.344. The Kier molecular flexibility index (Phi) is 4.95. The number of hydrogen-bond acceptors (Lipinski definition) is 0. The predicted octanol–water partition coefficient (Wildman–Crippen LogP) is 5.54. The van der Waals surface area contributed by atoms with E-state index in [4.69, 9.17) is 11.6 Å². The lowest BCUT2D eigenvalue weighted by molar-refractivity contribution is -0.0836. The molecule has 0 saturated heterocycles. The van der Waals surface area contributed by atoms with Gasteiger partial charge in [0.05, 0.1) is 0 Å². The van der Waals surface area contributed by atoms with E-state index < -0.39 is 11.2 Å². The summed E-state index contributed by atoms with van der Waals surface area (Å²) in [6, 6.07) is 14.3. The molecule has 4 heteroatoms. The highest BCUT2D eigenvalue weighted by molar-refractivity contribution is 6.32. The van der Waals surface area contributed by atoms with Gasteiger partial charge in [0.2, 0.25) is 0 Å². The van der Waals surface area contributed by atoms with Crippen LogP contribution in [0.25, 0.3) is 6.08 Å². The van der Waals surface area contributed by atoms with Crippen molar-refractivity contribution < 1.29 is 13.2 Å². The lowest BCUT2D eigenvalue weighted by atomic mass is 10.0. The average molecular weight is 321 g/mol. The third-order valence-corrected chi connectivity index (χ3v) is 3.20. The topological polar surface area (TPSA) is 0 Å². The molecule has 0 bridgehead atoms. The SMILES string of the molecule is Cc1ccc(/C=C(\Cl)C(F)(F)F)c(C#Cc2ccccc2)c1. The van der Waals surface area contributed by atoms with Gasteiger partial charge < -0.3 is 0 Å². The molecule has 0 spiro atoms. The molecule has 0 fully saturated rings. The van der Waals surface area contributed by atoms with E-state index in [1.54, 1.807) is 18.2 Å². The van der Waals surface area contributed by atoms with Gasteiger partial charge in [0, 0.05) is 11.1 Å². The predicted molar refractivity (Wildman–Crippen MR) is 83.5 cm³/mol. The quantitative estimate of drug-likeness (QED) is 0.605. The first-order valence-electron chi connectivity index (χ1n) is 6.48. The summed E-state index contributed by atoms with van der Waals surface area (Å²) in [4.78, 5) is 0. The van der Waals surface area contributed by atoms with Crippen LogP contribution in [0.2, 0.25) is 0 Å². The first-order chi connectivity index (χ1) is 10.4. The molecule has 0 aliphatic rings. The van der Waals surface area contributed by atoms with Gasteiger partial charge in [0.15, 0.2) is 0 Å². The van der Waals surface area contributed by atoms with Crippen molar-refractivity contribution in [2.45, 2.75) is 13.1 Å². The molecule has 0 heterocycles. The van der Waals surface area contributed by atoms with Crippen molar-refractivity contribution in [3.8, 4) is 11.8 Å². The van der Waals surface area contributed by atoms with Crippen LogP contribution in [0.15, 0.2) is 53.6 Å². The number of alkyl halides is 3. The van der Waals surface area contributed by atoms with Gasteiger partial charge in [-0.2, -0.15) is 13.2 Å². The molecule has 0 aromatic heterocycles. The molecule has 112 valence electrons. The Morgan fingerprint density at radius 1 is 1.05 bits per heavy atom. The summed E-state index contributed by atoms with van der Waals surface area (Å²) in [6.07, 6.45) is -3.66. The minimum Gasteiger partial charge on any atom is -0.165 e. The van der Waals surface area contributed by atoms with E-state index in [1.165, 1.54) is 0 Å². The fraction of sp³-hybridized carbons (Fsp3) is 0.111. The molecule has 0 saturated carbocycles. The van der Waals surface area contributed by atoms with Gasteiger partial charge in [-0.05, 0) is 42.3 Å². The molecule has 0 aliphatic heterocycles. The number of halogens is 4. The lowest BCUT2D eigenvalue weighted by Gasteiger charge is -2.06. The molecular weight excluding hydrogens is 309 g/mol.